The molecule has 9 heteroatoms. The number of halogens is 1. The first kappa shape index (κ1) is 21.0. The van der Waals surface area contributed by atoms with Crippen molar-refractivity contribution in [2.45, 2.75) is 24.9 Å². The highest BCUT2D eigenvalue weighted by Crippen LogP contribution is 2.20. The summed E-state index contributed by atoms with van der Waals surface area (Å²) in [5, 5.41) is 6.40. The van der Waals surface area contributed by atoms with Crippen molar-refractivity contribution in [1.29, 1.82) is 0 Å². The van der Waals surface area contributed by atoms with Gasteiger partial charge >= 0.3 is 0 Å². The summed E-state index contributed by atoms with van der Waals surface area (Å²) in [6.07, 6.45) is 2.34. The Morgan fingerprint density at radius 2 is 1.87 bits per heavy atom. The first-order chi connectivity index (χ1) is 14.8. The van der Waals surface area contributed by atoms with Crippen LogP contribution in [0.4, 0.5) is 4.39 Å². The highest BCUT2D eigenvalue weighted by Gasteiger charge is 2.31. The SMILES string of the molecule is O=C(N[C@@H](Cc1c[nH]c2ccccc12)C(=O)N[C@H]1CCS(=O)(=O)C1)c1ccc(F)cc1. The molecule has 2 atom stereocenters. The van der Waals surface area contributed by atoms with Crippen LogP contribution in [0.1, 0.15) is 22.3 Å². The molecule has 0 spiro atoms. The third kappa shape index (κ3) is 4.93. The number of amides is 2. The minimum atomic E-state index is -3.16. The number of carbonyl (C=O) groups is 2. The quantitative estimate of drug-likeness (QED) is 0.541. The van der Waals surface area contributed by atoms with Gasteiger partial charge in [-0.15, -0.1) is 0 Å². The van der Waals surface area contributed by atoms with E-state index in [9.17, 15) is 22.4 Å². The van der Waals surface area contributed by atoms with Gasteiger partial charge in [-0.05, 0) is 42.3 Å². The maximum absolute atomic E-state index is 13.2. The zero-order valence-corrected chi connectivity index (χ0v) is 17.4. The zero-order valence-electron chi connectivity index (χ0n) is 16.6. The molecule has 2 amide bonds. The Morgan fingerprint density at radius 3 is 2.58 bits per heavy atom. The van der Waals surface area contributed by atoms with Crippen molar-refractivity contribution in [3.8, 4) is 0 Å². The van der Waals surface area contributed by atoms with E-state index in [-0.39, 0.29) is 23.5 Å². The third-order valence-electron chi connectivity index (χ3n) is 5.41. The number of H-pyrrole nitrogens is 1. The normalized spacial score (nSPS) is 18.5. The van der Waals surface area contributed by atoms with Gasteiger partial charge in [-0.1, -0.05) is 18.2 Å². The van der Waals surface area contributed by atoms with Crippen LogP contribution in [-0.4, -0.2) is 48.8 Å². The van der Waals surface area contributed by atoms with E-state index >= 15 is 0 Å². The molecule has 4 rings (SSSR count). The van der Waals surface area contributed by atoms with Gasteiger partial charge in [0.25, 0.3) is 5.91 Å². The van der Waals surface area contributed by atoms with Gasteiger partial charge in [0.05, 0.1) is 11.5 Å². The lowest BCUT2D eigenvalue weighted by atomic mass is 10.0. The lowest BCUT2D eigenvalue weighted by molar-refractivity contribution is -0.123. The molecule has 0 radical (unpaired) electrons. The number of sulfone groups is 1. The highest BCUT2D eigenvalue weighted by atomic mass is 32.2. The molecular weight excluding hydrogens is 421 g/mol. The summed E-state index contributed by atoms with van der Waals surface area (Å²) in [4.78, 5) is 28.8. The predicted molar refractivity (Wildman–Crippen MR) is 115 cm³/mol. The molecule has 1 aliphatic heterocycles. The Labute approximate surface area is 179 Å². The number of benzene rings is 2. The molecule has 1 saturated heterocycles. The Hall–Kier alpha value is -3.20. The lowest BCUT2D eigenvalue weighted by Gasteiger charge is -2.21. The fourth-order valence-electron chi connectivity index (χ4n) is 3.78. The fraction of sp³-hybridized carbons (Fsp3) is 0.273. The zero-order chi connectivity index (χ0) is 22.0. The number of fused-ring (bicyclic) bond motifs is 1. The number of rotatable bonds is 6. The number of para-hydroxylation sites is 1. The molecule has 1 aromatic heterocycles. The molecule has 0 aliphatic carbocycles. The van der Waals surface area contributed by atoms with Crippen molar-refractivity contribution in [3.05, 3.63) is 71.7 Å². The molecule has 0 bridgehead atoms. The third-order valence-corrected chi connectivity index (χ3v) is 7.17. The number of aromatic nitrogens is 1. The van der Waals surface area contributed by atoms with Crippen LogP contribution in [0.5, 0.6) is 0 Å². The van der Waals surface area contributed by atoms with Crippen LogP contribution in [0.15, 0.2) is 54.7 Å². The Kier molecular flexibility index (Phi) is 5.77. The van der Waals surface area contributed by atoms with Crippen molar-refractivity contribution in [1.82, 2.24) is 15.6 Å². The van der Waals surface area contributed by atoms with Gasteiger partial charge < -0.3 is 15.6 Å². The van der Waals surface area contributed by atoms with E-state index in [4.69, 9.17) is 0 Å². The molecule has 0 unspecified atom stereocenters. The summed E-state index contributed by atoms with van der Waals surface area (Å²) < 4.78 is 36.6. The van der Waals surface area contributed by atoms with Crippen LogP contribution < -0.4 is 10.6 Å². The highest BCUT2D eigenvalue weighted by molar-refractivity contribution is 7.91. The molecule has 3 N–H and O–H groups in total. The molecule has 3 aromatic rings. The largest absolute Gasteiger partial charge is 0.361 e. The van der Waals surface area contributed by atoms with E-state index < -0.39 is 39.6 Å². The topological polar surface area (TPSA) is 108 Å². The average Bonchev–Trinajstić information content (AvgIpc) is 3.30. The van der Waals surface area contributed by atoms with Crippen LogP contribution in [-0.2, 0) is 21.1 Å². The van der Waals surface area contributed by atoms with Crippen molar-refractivity contribution in [2.24, 2.45) is 0 Å². The second kappa shape index (κ2) is 8.50. The maximum Gasteiger partial charge on any atom is 0.251 e. The van der Waals surface area contributed by atoms with E-state index in [1.807, 2.05) is 24.3 Å². The van der Waals surface area contributed by atoms with Crippen molar-refractivity contribution < 1.29 is 22.4 Å². The summed E-state index contributed by atoms with van der Waals surface area (Å²) in [5.74, 6) is -1.51. The summed E-state index contributed by atoms with van der Waals surface area (Å²) in [7, 11) is -3.16. The molecule has 1 fully saturated rings. The van der Waals surface area contributed by atoms with Gasteiger partial charge in [0.1, 0.15) is 11.9 Å². The smallest absolute Gasteiger partial charge is 0.251 e. The lowest BCUT2D eigenvalue weighted by Crippen LogP contribution is -2.51. The van der Waals surface area contributed by atoms with Crippen LogP contribution in [0.3, 0.4) is 0 Å². The molecule has 2 aromatic carbocycles. The van der Waals surface area contributed by atoms with Gasteiger partial charge in [-0.2, -0.15) is 0 Å². The summed E-state index contributed by atoms with van der Waals surface area (Å²) in [5.41, 5.74) is 1.97. The van der Waals surface area contributed by atoms with E-state index in [1.165, 1.54) is 24.3 Å². The number of hydrogen-bond acceptors (Lipinski definition) is 4. The van der Waals surface area contributed by atoms with Gasteiger partial charge in [0.2, 0.25) is 5.91 Å². The number of nitrogens with one attached hydrogen (secondary N) is 3. The molecule has 2 heterocycles. The van der Waals surface area contributed by atoms with E-state index in [2.05, 4.69) is 15.6 Å². The number of hydrogen-bond donors (Lipinski definition) is 3. The van der Waals surface area contributed by atoms with E-state index in [1.54, 1.807) is 6.20 Å². The minimum Gasteiger partial charge on any atom is -0.361 e. The Balaban J connectivity index is 1.55. The summed E-state index contributed by atoms with van der Waals surface area (Å²) in [6.45, 7) is 0. The van der Waals surface area contributed by atoms with E-state index in [0.717, 1.165) is 16.5 Å². The molecule has 7 nitrogen and oxygen atoms in total. The van der Waals surface area contributed by atoms with Crippen LogP contribution >= 0.6 is 0 Å². The van der Waals surface area contributed by atoms with Gasteiger partial charge in [-0.3, -0.25) is 9.59 Å². The van der Waals surface area contributed by atoms with Crippen LogP contribution in [0.2, 0.25) is 0 Å². The second-order valence-corrected chi connectivity index (χ2v) is 9.93. The van der Waals surface area contributed by atoms with Gasteiger partial charge in [0.15, 0.2) is 9.84 Å². The molecule has 1 aliphatic rings. The fourth-order valence-corrected chi connectivity index (χ4v) is 5.46. The predicted octanol–water partition coefficient (Wildman–Crippen LogP) is 1.95. The van der Waals surface area contributed by atoms with Crippen LogP contribution in [0, 0.1) is 5.82 Å². The molecule has 0 saturated carbocycles. The summed E-state index contributed by atoms with van der Waals surface area (Å²) in [6, 6.07) is 11.2. The molecular formula is C22H22FN3O4S. The van der Waals surface area contributed by atoms with Crippen molar-refractivity contribution in [2.75, 3.05) is 11.5 Å². The maximum atomic E-state index is 13.2. The first-order valence-electron chi connectivity index (χ1n) is 9.93. The number of carbonyl (C=O) groups excluding carboxylic acids is 2. The Bertz CT molecular complexity index is 1220. The molecule has 31 heavy (non-hydrogen) atoms. The van der Waals surface area contributed by atoms with E-state index in [0.29, 0.717) is 6.42 Å². The summed E-state index contributed by atoms with van der Waals surface area (Å²) >= 11 is 0. The Morgan fingerprint density at radius 1 is 1.13 bits per heavy atom. The van der Waals surface area contributed by atoms with Crippen molar-refractivity contribution in [3.63, 3.8) is 0 Å². The first-order valence-corrected chi connectivity index (χ1v) is 11.7. The molecule has 162 valence electrons. The monoisotopic (exact) mass is 443 g/mol. The van der Waals surface area contributed by atoms with Gasteiger partial charge in [0, 0.05) is 35.1 Å². The minimum absolute atomic E-state index is 0.0347. The van der Waals surface area contributed by atoms with Crippen molar-refractivity contribution >= 4 is 32.6 Å². The second-order valence-electron chi connectivity index (χ2n) is 7.71. The number of aromatic amines is 1. The van der Waals surface area contributed by atoms with Crippen LogP contribution in [0.25, 0.3) is 10.9 Å². The standard InChI is InChI=1S/C22H22FN3O4S/c23-16-7-5-14(6-8-16)21(27)26-20(22(28)25-17-9-10-31(29,30)13-17)11-15-12-24-19-4-2-1-3-18(15)19/h1-8,12,17,20,24H,9-11,13H2,(H,25,28)(H,26,27)/t17-,20-/m0/s1. The van der Waals surface area contributed by atoms with Gasteiger partial charge in [-0.25, -0.2) is 12.8 Å². The average molecular weight is 444 g/mol.